The first-order valence-corrected chi connectivity index (χ1v) is 8.53. The zero-order chi connectivity index (χ0) is 19.1. The van der Waals surface area contributed by atoms with Gasteiger partial charge in [0.25, 0.3) is 11.8 Å². The number of carbonyl (C=O) groups excluding carboxylic acids is 3. The molecular weight excluding hydrogens is 330 g/mol. The zero-order valence-corrected chi connectivity index (χ0v) is 15.2. The highest BCUT2D eigenvalue weighted by Crippen LogP contribution is 2.13. The highest BCUT2D eigenvalue weighted by atomic mass is 16.2. The third-order valence-corrected chi connectivity index (χ3v) is 3.79. The van der Waals surface area contributed by atoms with Crippen molar-refractivity contribution in [3.05, 3.63) is 59.4 Å². The Kier molecular flexibility index (Phi) is 6.60. The summed E-state index contributed by atoms with van der Waals surface area (Å²) in [5.41, 5.74) is 1.52. The number of Topliss-reactive ketones (excluding diaryl/α,β-unsaturated/α-hetero) is 1. The molecule has 0 atom stereocenters. The second kappa shape index (κ2) is 8.89. The number of anilines is 1. The lowest BCUT2D eigenvalue weighted by Crippen LogP contribution is -2.26. The Labute approximate surface area is 153 Å². The summed E-state index contributed by atoms with van der Waals surface area (Å²) in [6.07, 6.45) is 2.31. The summed E-state index contributed by atoms with van der Waals surface area (Å²) in [6, 6.07) is 9.68. The van der Waals surface area contributed by atoms with Crippen LogP contribution in [0.4, 0.5) is 5.69 Å². The summed E-state index contributed by atoms with van der Waals surface area (Å²) in [7, 11) is 0. The molecule has 1 aromatic carbocycles. The van der Waals surface area contributed by atoms with Crippen molar-refractivity contribution in [2.45, 2.75) is 27.2 Å². The van der Waals surface area contributed by atoms with Crippen LogP contribution in [0, 0.1) is 5.92 Å². The second-order valence-electron chi connectivity index (χ2n) is 6.46. The molecule has 6 heteroatoms. The van der Waals surface area contributed by atoms with Crippen LogP contribution in [0.1, 0.15) is 58.4 Å². The molecule has 1 aromatic heterocycles. The van der Waals surface area contributed by atoms with Gasteiger partial charge in [-0.1, -0.05) is 26.0 Å². The number of benzene rings is 1. The second-order valence-corrected chi connectivity index (χ2v) is 6.46. The highest BCUT2D eigenvalue weighted by molar-refractivity contribution is 6.05. The van der Waals surface area contributed by atoms with Gasteiger partial charge in [-0.2, -0.15) is 0 Å². The maximum absolute atomic E-state index is 12.4. The molecule has 1 heterocycles. The maximum Gasteiger partial charge on any atom is 0.274 e. The predicted octanol–water partition coefficient (Wildman–Crippen LogP) is 3.31. The van der Waals surface area contributed by atoms with Gasteiger partial charge in [-0.15, -0.1) is 0 Å². The number of ketones is 1. The van der Waals surface area contributed by atoms with Gasteiger partial charge in [0.1, 0.15) is 5.69 Å². The Hall–Kier alpha value is -3.02. The first-order valence-electron chi connectivity index (χ1n) is 8.53. The summed E-state index contributed by atoms with van der Waals surface area (Å²) in [6.45, 7) is 6.21. The van der Waals surface area contributed by atoms with Crippen LogP contribution in [-0.2, 0) is 0 Å². The fraction of sp³-hybridized carbons (Fsp3) is 0.300. The summed E-state index contributed by atoms with van der Waals surface area (Å²) in [4.78, 5) is 40.0. The maximum atomic E-state index is 12.4. The van der Waals surface area contributed by atoms with E-state index < -0.39 is 5.91 Å². The minimum atomic E-state index is -0.442. The van der Waals surface area contributed by atoms with Gasteiger partial charge in [0, 0.05) is 29.6 Å². The Morgan fingerprint density at radius 3 is 2.50 bits per heavy atom. The molecule has 26 heavy (non-hydrogen) atoms. The Balaban J connectivity index is 2.06. The molecule has 2 rings (SSSR count). The molecule has 0 spiro atoms. The molecule has 0 aliphatic carbocycles. The van der Waals surface area contributed by atoms with E-state index in [1.54, 1.807) is 30.3 Å². The highest BCUT2D eigenvalue weighted by Gasteiger charge is 2.12. The van der Waals surface area contributed by atoms with Crippen molar-refractivity contribution in [2.75, 3.05) is 11.9 Å². The molecule has 0 saturated heterocycles. The van der Waals surface area contributed by atoms with Crippen LogP contribution >= 0.6 is 0 Å². The molecule has 136 valence electrons. The van der Waals surface area contributed by atoms with E-state index in [9.17, 15) is 14.4 Å². The summed E-state index contributed by atoms with van der Waals surface area (Å²) in [5.74, 6) is -0.262. The van der Waals surface area contributed by atoms with Gasteiger partial charge >= 0.3 is 0 Å². The van der Waals surface area contributed by atoms with Gasteiger partial charge in [-0.3, -0.25) is 19.4 Å². The first kappa shape index (κ1) is 19.3. The normalized spacial score (nSPS) is 10.5. The lowest BCUT2D eigenvalue weighted by atomic mass is 10.1. The number of amides is 2. The topological polar surface area (TPSA) is 88.2 Å². The van der Waals surface area contributed by atoms with Crippen molar-refractivity contribution < 1.29 is 14.4 Å². The Morgan fingerprint density at radius 1 is 1.04 bits per heavy atom. The summed E-state index contributed by atoms with van der Waals surface area (Å²) < 4.78 is 0. The largest absolute Gasteiger partial charge is 0.352 e. The van der Waals surface area contributed by atoms with Crippen LogP contribution in [-0.4, -0.2) is 29.1 Å². The van der Waals surface area contributed by atoms with Gasteiger partial charge in [0.05, 0.1) is 0 Å². The number of aromatic nitrogens is 1. The van der Waals surface area contributed by atoms with E-state index in [0.29, 0.717) is 29.3 Å². The lowest BCUT2D eigenvalue weighted by molar-refractivity contribution is 0.0950. The minimum absolute atomic E-state index is 0.0840. The van der Waals surface area contributed by atoms with Gasteiger partial charge in [-0.25, -0.2) is 0 Å². The quantitative estimate of drug-likeness (QED) is 0.748. The molecule has 0 fully saturated rings. The zero-order valence-electron chi connectivity index (χ0n) is 15.2. The van der Waals surface area contributed by atoms with Gasteiger partial charge < -0.3 is 10.6 Å². The number of rotatable bonds is 7. The van der Waals surface area contributed by atoms with Crippen LogP contribution in [0.25, 0.3) is 0 Å². The smallest absolute Gasteiger partial charge is 0.274 e. The average molecular weight is 353 g/mol. The minimum Gasteiger partial charge on any atom is -0.352 e. The van der Waals surface area contributed by atoms with Crippen LogP contribution in [0.5, 0.6) is 0 Å². The molecule has 2 aromatic rings. The van der Waals surface area contributed by atoms with Crippen molar-refractivity contribution in [3.63, 3.8) is 0 Å². The SMILES string of the molecule is CC(=O)c1cccc(NC(=O)c2cc(C(=O)NCCC(C)C)ccn2)c1. The molecule has 0 bridgehead atoms. The lowest BCUT2D eigenvalue weighted by Gasteiger charge is -2.09. The number of pyridine rings is 1. The van der Waals surface area contributed by atoms with Crippen molar-refractivity contribution >= 4 is 23.3 Å². The first-order chi connectivity index (χ1) is 12.4. The van der Waals surface area contributed by atoms with Crippen LogP contribution in [0.3, 0.4) is 0 Å². The molecule has 6 nitrogen and oxygen atoms in total. The molecule has 0 aliphatic rings. The van der Waals surface area contributed by atoms with Crippen LogP contribution in [0.15, 0.2) is 42.6 Å². The monoisotopic (exact) mass is 353 g/mol. The molecule has 0 aliphatic heterocycles. The number of nitrogens with zero attached hydrogens (tertiary/aromatic N) is 1. The molecule has 2 amide bonds. The van der Waals surface area contributed by atoms with E-state index in [-0.39, 0.29) is 17.4 Å². The van der Waals surface area contributed by atoms with E-state index in [1.807, 2.05) is 0 Å². The number of hydrogen-bond acceptors (Lipinski definition) is 4. The van der Waals surface area contributed by atoms with E-state index in [1.165, 1.54) is 19.2 Å². The van der Waals surface area contributed by atoms with E-state index in [4.69, 9.17) is 0 Å². The van der Waals surface area contributed by atoms with Crippen LogP contribution in [0.2, 0.25) is 0 Å². The average Bonchev–Trinajstić information content (AvgIpc) is 2.61. The van der Waals surface area contributed by atoms with E-state index >= 15 is 0 Å². The Bertz CT molecular complexity index is 815. The summed E-state index contributed by atoms with van der Waals surface area (Å²) >= 11 is 0. The third kappa shape index (κ3) is 5.51. The number of nitrogens with one attached hydrogen (secondary N) is 2. The molecule has 0 unspecified atom stereocenters. The number of hydrogen-bond donors (Lipinski definition) is 2. The van der Waals surface area contributed by atoms with Crippen molar-refractivity contribution in [2.24, 2.45) is 5.92 Å². The molecule has 2 N–H and O–H groups in total. The standard InChI is InChI=1S/C20H23N3O3/c1-13(2)7-9-22-19(25)16-8-10-21-18(12-16)20(26)23-17-6-4-5-15(11-17)14(3)24/h4-6,8,10-13H,7,9H2,1-3H3,(H,22,25)(H,23,26). The van der Waals surface area contributed by atoms with Gasteiger partial charge in [-0.05, 0) is 43.5 Å². The number of carbonyl (C=O) groups is 3. The fourth-order valence-electron chi connectivity index (χ4n) is 2.28. The third-order valence-electron chi connectivity index (χ3n) is 3.79. The molecule has 0 saturated carbocycles. The fourth-order valence-corrected chi connectivity index (χ4v) is 2.28. The van der Waals surface area contributed by atoms with Gasteiger partial charge in [0.2, 0.25) is 0 Å². The molecule has 0 radical (unpaired) electrons. The van der Waals surface area contributed by atoms with Crippen molar-refractivity contribution in [3.8, 4) is 0 Å². The van der Waals surface area contributed by atoms with Crippen molar-refractivity contribution in [1.29, 1.82) is 0 Å². The van der Waals surface area contributed by atoms with Gasteiger partial charge in [0.15, 0.2) is 5.78 Å². The molecular formula is C20H23N3O3. The van der Waals surface area contributed by atoms with E-state index in [2.05, 4.69) is 29.5 Å². The van der Waals surface area contributed by atoms with Crippen molar-refractivity contribution in [1.82, 2.24) is 10.3 Å². The summed E-state index contributed by atoms with van der Waals surface area (Å²) in [5, 5.41) is 5.52. The van der Waals surface area contributed by atoms with Crippen LogP contribution < -0.4 is 10.6 Å². The predicted molar refractivity (Wildman–Crippen MR) is 100 cm³/mol. The Morgan fingerprint density at radius 2 is 1.81 bits per heavy atom. The van der Waals surface area contributed by atoms with E-state index in [0.717, 1.165) is 6.42 Å².